The minimum absolute atomic E-state index is 0.0104. The average Bonchev–Trinajstić information content (AvgIpc) is 2.72. The molecule has 2 aromatic heterocycles. The molecule has 2 aromatic rings. The molecule has 0 aliphatic heterocycles. The standard InChI is InChI=1S/C20H30N6O5/c1-5-6-7-8-12(10-26(31)11-27)17(28)23-22-16-15-13(18(29)24-25-19(15)30)9-14(21-16)20(2,3)4/h9,11-12,31H,5-8,10H2,1-4H3,(H,21,22)(H,23,28)(H,24,29)(H,25,30). The number of unbranched alkanes of at least 4 members (excludes halogenated alkanes) is 2. The number of fused-ring (bicyclic) bond motifs is 1. The summed E-state index contributed by atoms with van der Waals surface area (Å²) >= 11 is 0. The number of hydrogen-bond acceptors (Lipinski definition) is 7. The summed E-state index contributed by atoms with van der Waals surface area (Å²) in [7, 11) is 0. The lowest BCUT2D eigenvalue weighted by molar-refractivity contribution is -0.154. The smallest absolute Gasteiger partial charge is 0.274 e. The van der Waals surface area contributed by atoms with Gasteiger partial charge in [0.15, 0.2) is 5.82 Å². The number of carbonyl (C=O) groups is 2. The molecule has 0 saturated carbocycles. The molecule has 1 unspecified atom stereocenters. The molecule has 31 heavy (non-hydrogen) atoms. The second-order valence-corrected chi connectivity index (χ2v) is 8.47. The van der Waals surface area contributed by atoms with Crippen molar-refractivity contribution in [2.75, 3.05) is 12.0 Å². The van der Waals surface area contributed by atoms with Gasteiger partial charge < -0.3 is 0 Å². The average molecular weight is 434 g/mol. The van der Waals surface area contributed by atoms with Crippen LogP contribution < -0.4 is 22.0 Å². The Bertz CT molecular complexity index is 1040. The number of aromatic nitrogens is 3. The zero-order valence-corrected chi connectivity index (χ0v) is 18.2. The van der Waals surface area contributed by atoms with Gasteiger partial charge in [0.2, 0.25) is 12.3 Å². The van der Waals surface area contributed by atoms with Crippen LogP contribution in [0.25, 0.3) is 10.8 Å². The molecule has 0 aliphatic rings. The van der Waals surface area contributed by atoms with E-state index in [0.717, 1.165) is 19.3 Å². The fraction of sp³-hybridized carbons (Fsp3) is 0.550. The van der Waals surface area contributed by atoms with Crippen molar-refractivity contribution < 1.29 is 14.8 Å². The summed E-state index contributed by atoms with van der Waals surface area (Å²) < 4.78 is 0. The number of pyridine rings is 1. The number of amides is 2. The Balaban J connectivity index is 2.35. The highest BCUT2D eigenvalue weighted by molar-refractivity contribution is 5.91. The van der Waals surface area contributed by atoms with E-state index >= 15 is 0 Å². The normalized spacial score (nSPS) is 12.4. The Morgan fingerprint density at radius 2 is 1.94 bits per heavy atom. The lowest BCUT2D eigenvalue weighted by atomic mass is 9.91. The lowest BCUT2D eigenvalue weighted by Gasteiger charge is -2.22. The zero-order chi connectivity index (χ0) is 23.2. The first-order valence-electron chi connectivity index (χ1n) is 10.2. The summed E-state index contributed by atoms with van der Waals surface area (Å²) in [5.41, 5.74) is 4.23. The Morgan fingerprint density at radius 1 is 1.26 bits per heavy atom. The number of aromatic amines is 2. The Kier molecular flexibility index (Phi) is 7.92. The van der Waals surface area contributed by atoms with E-state index in [1.807, 2.05) is 27.7 Å². The van der Waals surface area contributed by atoms with Gasteiger partial charge >= 0.3 is 0 Å². The number of carbonyl (C=O) groups excluding carboxylic acids is 2. The summed E-state index contributed by atoms with van der Waals surface area (Å²) in [6.07, 6.45) is 3.30. The lowest BCUT2D eigenvalue weighted by Crippen LogP contribution is -2.40. The minimum atomic E-state index is -0.673. The summed E-state index contributed by atoms with van der Waals surface area (Å²) in [4.78, 5) is 52.6. The molecule has 0 aliphatic carbocycles. The molecule has 0 bridgehead atoms. The van der Waals surface area contributed by atoms with E-state index in [1.54, 1.807) is 6.07 Å². The van der Waals surface area contributed by atoms with Gasteiger partial charge in [-0.15, -0.1) is 0 Å². The molecule has 1 atom stereocenters. The number of nitrogens with one attached hydrogen (secondary N) is 4. The zero-order valence-electron chi connectivity index (χ0n) is 18.2. The molecule has 0 aromatic carbocycles. The highest BCUT2D eigenvalue weighted by atomic mass is 16.5. The topological polar surface area (TPSA) is 160 Å². The summed E-state index contributed by atoms with van der Waals surface area (Å²) in [6.45, 7) is 7.58. The van der Waals surface area contributed by atoms with Crippen LogP contribution in [0.1, 0.15) is 59.1 Å². The van der Waals surface area contributed by atoms with Gasteiger partial charge in [0.25, 0.3) is 11.1 Å². The molecule has 0 saturated heterocycles. The molecule has 2 amide bonds. The molecule has 0 spiro atoms. The van der Waals surface area contributed by atoms with E-state index in [4.69, 9.17) is 0 Å². The van der Waals surface area contributed by atoms with Crippen molar-refractivity contribution in [2.45, 2.75) is 58.8 Å². The van der Waals surface area contributed by atoms with E-state index in [1.165, 1.54) is 0 Å². The van der Waals surface area contributed by atoms with Crippen LogP contribution in [0.5, 0.6) is 0 Å². The van der Waals surface area contributed by atoms with Crippen molar-refractivity contribution in [3.63, 3.8) is 0 Å². The first-order chi connectivity index (χ1) is 14.6. The van der Waals surface area contributed by atoms with E-state index in [9.17, 15) is 24.4 Å². The SMILES string of the molecule is CCCCCC(CN(O)C=O)C(=O)NNc1nc(C(C)(C)C)cc2c(=O)[nH][nH]c(=O)c12. The number of nitrogens with zero attached hydrogens (tertiary/aromatic N) is 2. The Labute approximate surface area is 179 Å². The highest BCUT2D eigenvalue weighted by Gasteiger charge is 2.23. The van der Waals surface area contributed by atoms with Crippen LogP contribution in [0.3, 0.4) is 0 Å². The molecule has 0 radical (unpaired) electrons. The maximum Gasteiger partial charge on any atom is 0.274 e. The van der Waals surface area contributed by atoms with Crippen molar-refractivity contribution in [1.29, 1.82) is 0 Å². The van der Waals surface area contributed by atoms with Crippen LogP contribution in [0.2, 0.25) is 0 Å². The maximum absolute atomic E-state index is 12.7. The number of anilines is 1. The molecule has 0 fully saturated rings. The highest BCUT2D eigenvalue weighted by Crippen LogP contribution is 2.25. The summed E-state index contributed by atoms with van der Waals surface area (Å²) in [5.74, 6) is -1.12. The third-order valence-electron chi connectivity index (χ3n) is 4.91. The third-order valence-corrected chi connectivity index (χ3v) is 4.91. The summed E-state index contributed by atoms with van der Waals surface area (Å²) in [6, 6.07) is 1.55. The predicted octanol–water partition coefficient (Wildman–Crippen LogP) is 1.40. The molecule has 5 N–H and O–H groups in total. The molecule has 2 rings (SSSR count). The first-order valence-corrected chi connectivity index (χ1v) is 10.2. The first kappa shape index (κ1) is 24.1. The van der Waals surface area contributed by atoms with E-state index in [2.05, 4.69) is 26.0 Å². The number of rotatable bonds is 10. The fourth-order valence-corrected chi connectivity index (χ4v) is 3.11. The van der Waals surface area contributed by atoms with E-state index < -0.39 is 28.4 Å². The van der Waals surface area contributed by atoms with Gasteiger partial charge in [-0.1, -0.05) is 47.0 Å². The number of hydrazine groups is 1. The Morgan fingerprint density at radius 3 is 2.55 bits per heavy atom. The summed E-state index contributed by atoms with van der Waals surface area (Å²) in [5, 5.41) is 14.6. The molecular formula is C20H30N6O5. The quantitative estimate of drug-likeness (QED) is 0.163. The van der Waals surface area contributed by atoms with Gasteiger partial charge in [0.05, 0.1) is 23.2 Å². The van der Waals surface area contributed by atoms with Crippen LogP contribution in [0, 0.1) is 5.92 Å². The van der Waals surface area contributed by atoms with Crippen molar-refractivity contribution >= 4 is 28.9 Å². The molecular weight excluding hydrogens is 404 g/mol. The minimum Gasteiger partial charge on any atom is -0.286 e. The van der Waals surface area contributed by atoms with Gasteiger partial charge in [-0.2, -0.15) is 0 Å². The van der Waals surface area contributed by atoms with Crippen molar-refractivity contribution in [1.82, 2.24) is 25.7 Å². The predicted molar refractivity (Wildman–Crippen MR) is 116 cm³/mol. The van der Waals surface area contributed by atoms with Gasteiger partial charge in [0.1, 0.15) is 0 Å². The second-order valence-electron chi connectivity index (χ2n) is 8.47. The van der Waals surface area contributed by atoms with Crippen LogP contribution in [0.4, 0.5) is 5.82 Å². The van der Waals surface area contributed by atoms with Gasteiger partial charge in [0, 0.05) is 11.1 Å². The van der Waals surface area contributed by atoms with Crippen LogP contribution in [0.15, 0.2) is 15.7 Å². The van der Waals surface area contributed by atoms with Crippen molar-refractivity contribution in [3.8, 4) is 0 Å². The molecule has 170 valence electrons. The van der Waals surface area contributed by atoms with Crippen LogP contribution in [-0.2, 0) is 15.0 Å². The van der Waals surface area contributed by atoms with Gasteiger partial charge in [-0.3, -0.25) is 45.4 Å². The van der Waals surface area contributed by atoms with Gasteiger partial charge in [-0.05, 0) is 12.5 Å². The maximum atomic E-state index is 12.7. The largest absolute Gasteiger partial charge is 0.286 e. The van der Waals surface area contributed by atoms with Crippen LogP contribution in [-0.4, -0.2) is 44.3 Å². The second kappa shape index (κ2) is 10.2. The Hall–Kier alpha value is -3.21. The number of hydroxylamine groups is 2. The van der Waals surface area contributed by atoms with E-state index in [-0.39, 0.29) is 29.5 Å². The monoisotopic (exact) mass is 434 g/mol. The fourth-order valence-electron chi connectivity index (χ4n) is 3.11. The molecule has 11 nitrogen and oxygen atoms in total. The number of H-pyrrole nitrogens is 2. The van der Waals surface area contributed by atoms with E-state index in [0.29, 0.717) is 17.2 Å². The van der Waals surface area contributed by atoms with Crippen LogP contribution >= 0.6 is 0 Å². The van der Waals surface area contributed by atoms with Gasteiger partial charge in [-0.25, -0.2) is 10.0 Å². The van der Waals surface area contributed by atoms with Crippen molar-refractivity contribution in [2.24, 2.45) is 5.92 Å². The molecule has 11 heteroatoms. The number of hydrogen-bond donors (Lipinski definition) is 5. The molecule has 2 heterocycles. The van der Waals surface area contributed by atoms with Crippen molar-refractivity contribution in [3.05, 3.63) is 32.5 Å². The third kappa shape index (κ3) is 6.14.